The van der Waals surface area contributed by atoms with Crippen LogP contribution >= 0.6 is 11.6 Å². The van der Waals surface area contributed by atoms with Crippen molar-refractivity contribution in [1.29, 1.82) is 0 Å². The van der Waals surface area contributed by atoms with Crippen molar-refractivity contribution in [2.45, 2.75) is 32.0 Å². The minimum Gasteiger partial charge on any atom is -0.391 e. The van der Waals surface area contributed by atoms with Crippen molar-refractivity contribution in [1.82, 2.24) is 15.1 Å². The second-order valence-electron chi connectivity index (χ2n) is 5.31. The Labute approximate surface area is 123 Å². The molecule has 5 heteroatoms. The van der Waals surface area contributed by atoms with Gasteiger partial charge in [0.2, 0.25) is 0 Å². The van der Waals surface area contributed by atoms with Crippen LogP contribution in [0.15, 0.2) is 24.3 Å². The van der Waals surface area contributed by atoms with Gasteiger partial charge >= 0.3 is 0 Å². The number of hydrogen-bond acceptors (Lipinski definition) is 3. The van der Waals surface area contributed by atoms with E-state index in [4.69, 9.17) is 11.6 Å². The average Bonchev–Trinajstić information content (AvgIpc) is 2.86. The molecule has 20 heavy (non-hydrogen) atoms. The molecule has 2 N–H and O–H groups in total. The molecule has 0 aliphatic heterocycles. The first-order valence-electron chi connectivity index (χ1n) is 6.75. The van der Waals surface area contributed by atoms with E-state index in [1.54, 1.807) is 4.68 Å². The maximum atomic E-state index is 10.2. The standard InChI is InChI=1S/C15H18ClN3O/c1-9-12(15(16)19(2)18-9)8-17-14-11-6-4-3-5-10(11)7-13(14)20/h3-6,13-14,17,20H,7-8H2,1-2H3/t13-,14+/m0/s1. The molecule has 3 rings (SSSR count). The third-order valence-corrected chi connectivity index (χ3v) is 4.45. The zero-order chi connectivity index (χ0) is 14.3. The van der Waals surface area contributed by atoms with Crippen molar-refractivity contribution in [3.05, 3.63) is 51.8 Å². The second kappa shape index (κ2) is 5.20. The minimum absolute atomic E-state index is 0.0399. The van der Waals surface area contributed by atoms with Gasteiger partial charge in [0.05, 0.1) is 17.8 Å². The number of halogens is 1. The monoisotopic (exact) mass is 291 g/mol. The normalized spacial score (nSPS) is 21.2. The van der Waals surface area contributed by atoms with Crippen LogP contribution < -0.4 is 5.32 Å². The van der Waals surface area contributed by atoms with Gasteiger partial charge in [0.15, 0.2) is 0 Å². The molecule has 0 spiro atoms. The molecule has 0 unspecified atom stereocenters. The van der Waals surface area contributed by atoms with Gasteiger partial charge in [-0.3, -0.25) is 4.68 Å². The molecule has 2 atom stereocenters. The van der Waals surface area contributed by atoms with Crippen molar-refractivity contribution in [2.24, 2.45) is 7.05 Å². The Balaban J connectivity index is 1.79. The average molecular weight is 292 g/mol. The number of fused-ring (bicyclic) bond motifs is 1. The first kappa shape index (κ1) is 13.6. The van der Waals surface area contributed by atoms with Crippen LogP contribution in [0.2, 0.25) is 5.15 Å². The number of aryl methyl sites for hydroxylation is 2. The highest BCUT2D eigenvalue weighted by atomic mass is 35.5. The minimum atomic E-state index is -0.386. The summed E-state index contributed by atoms with van der Waals surface area (Å²) in [6.07, 6.45) is 0.316. The Hall–Kier alpha value is -1.36. The predicted molar refractivity (Wildman–Crippen MR) is 78.7 cm³/mol. The van der Waals surface area contributed by atoms with Crippen molar-refractivity contribution in [3.63, 3.8) is 0 Å². The fourth-order valence-electron chi connectivity index (χ4n) is 2.91. The summed E-state index contributed by atoms with van der Waals surface area (Å²) < 4.78 is 1.67. The van der Waals surface area contributed by atoms with Crippen LogP contribution in [-0.2, 0) is 20.0 Å². The summed E-state index contributed by atoms with van der Waals surface area (Å²) in [5, 5.41) is 18.6. The molecule has 0 saturated carbocycles. The molecular weight excluding hydrogens is 274 g/mol. The van der Waals surface area contributed by atoms with E-state index in [2.05, 4.69) is 22.5 Å². The molecule has 1 aromatic carbocycles. The van der Waals surface area contributed by atoms with Crippen LogP contribution in [0.3, 0.4) is 0 Å². The van der Waals surface area contributed by atoms with Gasteiger partial charge in [-0.15, -0.1) is 0 Å². The molecule has 0 bridgehead atoms. The van der Waals surface area contributed by atoms with E-state index in [0.717, 1.165) is 11.3 Å². The number of aliphatic hydroxyl groups is 1. The molecule has 1 heterocycles. The highest BCUT2D eigenvalue weighted by molar-refractivity contribution is 6.30. The van der Waals surface area contributed by atoms with Crippen LogP contribution in [0.4, 0.5) is 0 Å². The second-order valence-corrected chi connectivity index (χ2v) is 5.67. The lowest BCUT2D eigenvalue weighted by molar-refractivity contribution is 0.140. The number of benzene rings is 1. The Morgan fingerprint density at radius 1 is 1.45 bits per heavy atom. The zero-order valence-electron chi connectivity index (χ0n) is 11.6. The number of aromatic nitrogens is 2. The summed E-state index contributed by atoms with van der Waals surface area (Å²) in [5.41, 5.74) is 4.31. The lowest BCUT2D eigenvalue weighted by Crippen LogP contribution is -2.28. The molecule has 0 radical (unpaired) electrons. The summed E-state index contributed by atoms with van der Waals surface area (Å²) in [4.78, 5) is 0. The number of hydrogen-bond donors (Lipinski definition) is 2. The first-order chi connectivity index (χ1) is 9.58. The largest absolute Gasteiger partial charge is 0.391 e. The van der Waals surface area contributed by atoms with Crippen LogP contribution in [-0.4, -0.2) is 21.0 Å². The molecule has 106 valence electrons. The first-order valence-corrected chi connectivity index (χ1v) is 7.13. The number of rotatable bonds is 3. The maximum Gasteiger partial charge on any atom is 0.131 e. The topological polar surface area (TPSA) is 50.1 Å². The van der Waals surface area contributed by atoms with E-state index in [1.807, 2.05) is 26.1 Å². The summed E-state index contributed by atoms with van der Waals surface area (Å²) >= 11 is 6.23. The molecule has 1 aliphatic rings. The third-order valence-electron chi connectivity index (χ3n) is 3.97. The maximum absolute atomic E-state index is 10.2. The number of nitrogens with zero attached hydrogens (tertiary/aromatic N) is 2. The van der Waals surface area contributed by atoms with E-state index in [-0.39, 0.29) is 12.1 Å². The van der Waals surface area contributed by atoms with Crippen LogP contribution in [0.1, 0.15) is 28.4 Å². The van der Waals surface area contributed by atoms with Crippen molar-refractivity contribution in [2.75, 3.05) is 0 Å². The molecular formula is C15H18ClN3O. The van der Waals surface area contributed by atoms with Crippen LogP contribution in [0, 0.1) is 6.92 Å². The summed E-state index contributed by atoms with van der Waals surface area (Å²) in [5.74, 6) is 0. The lowest BCUT2D eigenvalue weighted by Gasteiger charge is -2.18. The third kappa shape index (κ3) is 2.24. The van der Waals surface area contributed by atoms with E-state index in [9.17, 15) is 5.11 Å². The molecule has 1 aliphatic carbocycles. The smallest absolute Gasteiger partial charge is 0.131 e. The van der Waals surface area contributed by atoms with Crippen molar-refractivity contribution >= 4 is 11.6 Å². The Morgan fingerprint density at radius 2 is 2.20 bits per heavy atom. The Morgan fingerprint density at radius 3 is 2.90 bits per heavy atom. The van der Waals surface area contributed by atoms with Crippen LogP contribution in [0.5, 0.6) is 0 Å². The van der Waals surface area contributed by atoms with Gasteiger partial charge in [-0.05, 0) is 18.1 Å². The van der Waals surface area contributed by atoms with E-state index >= 15 is 0 Å². The fraction of sp³-hybridized carbons (Fsp3) is 0.400. The molecule has 1 aromatic heterocycles. The number of aliphatic hydroxyl groups excluding tert-OH is 1. The van der Waals surface area contributed by atoms with Gasteiger partial charge < -0.3 is 10.4 Å². The highest BCUT2D eigenvalue weighted by Crippen LogP contribution is 2.32. The van der Waals surface area contributed by atoms with E-state index < -0.39 is 0 Å². The van der Waals surface area contributed by atoms with E-state index in [1.165, 1.54) is 11.1 Å². The van der Waals surface area contributed by atoms with Gasteiger partial charge in [-0.2, -0.15) is 5.10 Å². The Kier molecular flexibility index (Phi) is 3.54. The fourth-order valence-corrected chi connectivity index (χ4v) is 3.15. The lowest BCUT2D eigenvalue weighted by atomic mass is 10.1. The van der Waals surface area contributed by atoms with E-state index in [0.29, 0.717) is 18.1 Å². The van der Waals surface area contributed by atoms with Crippen molar-refractivity contribution in [3.8, 4) is 0 Å². The number of nitrogens with one attached hydrogen (secondary N) is 1. The van der Waals surface area contributed by atoms with Gasteiger partial charge in [0.1, 0.15) is 5.15 Å². The summed E-state index contributed by atoms with van der Waals surface area (Å²) in [6.45, 7) is 2.55. The van der Waals surface area contributed by atoms with Gasteiger partial charge in [0, 0.05) is 25.6 Å². The molecule has 0 saturated heterocycles. The summed E-state index contributed by atoms with van der Waals surface area (Å²) in [6, 6.07) is 8.12. The summed E-state index contributed by atoms with van der Waals surface area (Å²) in [7, 11) is 1.83. The molecule has 4 nitrogen and oxygen atoms in total. The van der Waals surface area contributed by atoms with Crippen molar-refractivity contribution < 1.29 is 5.11 Å². The van der Waals surface area contributed by atoms with Gasteiger partial charge in [0.25, 0.3) is 0 Å². The molecule has 0 amide bonds. The highest BCUT2D eigenvalue weighted by Gasteiger charge is 2.30. The Bertz CT molecular complexity index is 638. The van der Waals surface area contributed by atoms with Gasteiger partial charge in [-0.1, -0.05) is 35.9 Å². The van der Waals surface area contributed by atoms with Gasteiger partial charge in [-0.25, -0.2) is 0 Å². The zero-order valence-corrected chi connectivity index (χ0v) is 12.4. The predicted octanol–water partition coefficient (Wildman–Crippen LogP) is 2.13. The van der Waals surface area contributed by atoms with Crippen LogP contribution in [0.25, 0.3) is 0 Å². The SMILES string of the molecule is Cc1nn(C)c(Cl)c1CN[C@@H]1c2ccccc2C[C@@H]1O. The molecule has 0 fully saturated rings. The quantitative estimate of drug-likeness (QED) is 0.911. The molecule has 2 aromatic rings.